The van der Waals surface area contributed by atoms with Gasteiger partial charge in [0.2, 0.25) is 6.20 Å². The molecule has 3 nitrogen and oxygen atoms in total. The lowest BCUT2D eigenvalue weighted by Crippen LogP contribution is -2.30. The molecule has 0 amide bonds. The van der Waals surface area contributed by atoms with Gasteiger partial charge in [-0.15, -0.1) is 11.3 Å². The van der Waals surface area contributed by atoms with Gasteiger partial charge in [0, 0.05) is 10.8 Å². The number of fused-ring (bicyclic) bond motifs is 3. The Kier molecular flexibility index (Phi) is 3.34. The van der Waals surface area contributed by atoms with Crippen molar-refractivity contribution >= 4 is 32.5 Å². The minimum absolute atomic E-state index is 0.832. The van der Waals surface area contributed by atoms with Gasteiger partial charge in [-0.3, -0.25) is 5.21 Å². The van der Waals surface area contributed by atoms with Gasteiger partial charge in [0.1, 0.15) is 0 Å². The molecule has 0 saturated heterocycles. The highest BCUT2D eigenvalue weighted by Crippen LogP contribution is 2.28. The number of pyridine rings is 1. The van der Waals surface area contributed by atoms with Crippen LogP contribution in [0, 0.1) is 0 Å². The summed E-state index contributed by atoms with van der Waals surface area (Å²) in [7, 11) is 0. The predicted molar refractivity (Wildman–Crippen MR) is 77.7 cm³/mol. The maximum atomic E-state index is 9.97. The summed E-state index contributed by atoms with van der Waals surface area (Å²) in [5.41, 5.74) is 1.72. The first kappa shape index (κ1) is 12.4. The first-order valence-corrected chi connectivity index (χ1v) is 7.53. The molecule has 0 aliphatic rings. The Labute approximate surface area is 116 Å². The molecule has 0 atom stereocenters. The lowest BCUT2D eigenvalue weighted by atomic mass is 10.2. The van der Waals surface area contributed by atoms with Crippen LogP contribution in [0.2, 0.25) is 0 Å². The maximum Gasteiger partial charge on any atom is 0.266 e. The number of aromatic nitrogens is 2. The van der Waals surface area contributed by atoms with E-state index in [1.165, 1.54) is 33.7 Å². The van der Waals surface area contributed by atoms with Gasteiger partial charge in [-0.25, -0.2) is 4.98 Å². The van der Waals surface area contributed by atoms with Crippen LogP contribution in [-0.2, 0) is 6.42 Å². The van der Waals surface area contributed by atoms with Gasteiger partial charge in [-0.05, 0) is 18.9 Å². The van der Waals surface area contributed by atoms with Gasteiger partial charge in [-0.2, -0.15) is 0 Å². The van der Waals surface area contributed by atoms with E-state index in [-0.39, 0.29) is 0 Å². The number of rotatable bonds is 4. The maximum absolute atomic E-state index is 9.97. The van der Waals surface area contributed by atoms with Gasteiger partial charge in [0.05, 0.1) is 15.1 Å². The quantitative estimate of drug-likeness (QED) is 0.447. The minimum atomic E-state index is 0.832. The van der Waals surface area contributed by atoms with Crippen molar-refractivity contribution in [3.63, 3.8) is 0 Å². The van der Waals surface area contributed by atoms with E-state index in [1.807, 2.05) is 24.3 Å². The van der Waals surface area contributed by atoms with E-state index < -0.39 is 0 Å². The molecular formula is C15H17N2OS+. The fourth-order valence-electron chi connectivity index (χ4n) is 2.34. The van der Waals surface area contributed by atoms with Crippen molar-refractivity contribution in [1.82, 2.24) is 4.98 Å². The third-order valence-electron chi connectivity index (χ3n) is 3.33. The molecule has 0 spiro atoms. The van der Waals surface area contributed by atoms with Crippen molar-refractivity contribution in [2.75, 3.05) is 0 Å². The van der Waals surface area contributed by atoms with E-state index >= 15 is 0 Å². The van der Waals surface area contributed by atoms with Crippen LogP contribution in [0.4, 0.5) is 0 Å². The number of para-hydroxylation sites is 1. The summed E-state index contributed by atoms with van der Waals surface area (Å²) in [6.07, 6.45) is 6.40. The van der Waals surface area contributed by atoms with Crippen LogP contribution in [-0.4, -0.2) is 10.2 Å². The zero-order chi connectivity index (χ0) is 13.2. The molecule has 19 heavy (non-hydrogen) atoms. The summed E-state index contributed by atoms with van der Waals surface area (Å²) in [6, 6.07) is 7.89. The zero-order valence-electron chi connectivity index (χ0n) is 11.0. The number of thiazole rings is 1. The highest BCUT2D eigenvalue weighted by atomic mass is 32.1. The molecule has 1 aromatic carbocycles. The third kappa shape index (κ3) is 2.28. The molecule has 0 radical (unpaired) electrons. The highest BCUT2D eigenvalue weighted by molar-refractivity contribution is 7.19. The minimum Gasteiger partial charge on any atom is -0.284 e. The van der Waals surface area contributed by atoms with E-state index in [9.17, 15) is 5.21 Å². The highest BCUT2D eigenvalue weighted by Gasteiger charge is 2.16. The number of benzene rings is 1. The number of hydrogen-bond acceptors (Lipinski definition) is 3. The summed E-state index contributed by atoms with van der Waals surface area (Å²) in [4.78, 5) is 4.63. The molecule has 1 N–H and O–H groups in total. The number of nitrogens with zero attached hydrogens (tertiary/aromatic N) is 2. The average molecular weight is 273 g/mol. The van der Waals surface area contributed by atoms with E-state index in [0.29, 0.717) is 0 Å². The molecule has 3 rings (SSSR count). The Morgan fingerprint density at radius 3 is 2.95 bits per heavy atom. The van der Waals surface area contributed by atoms with Crippen LogP contribution < -0.4 is 4.73 Å². The van der Waals surface area contributed by atoms with Crippen molar-refractivity contribution in [3.05, 3.63) is 35.5 Å². The van der Waals surface area contributed by atoms with Gasteiger partial charge < -0.3 is 0 Å². The van der Waals surface area contributed by atoms with E-state index in [0.717, 1.165) is 22.8 Å². The second-order valence-corrected chi connectivity index (χ2v) is 5.85. The molecule has 0 fully saturated rings. The molecule has 0 aliphatic carbocycles. The molecule has 4 heteroatoms. The van der Waals surface area contributed by atoms with Gasteiger partial charge in [0.25, 0.3) is 5.52 Å². The molecule has 0 aliphatic heterocycles. The molecule has 0 bridgehead atoms. The van der Waals surface area contributed by atoms with Crippen molar-refractivity contribution in [1.29, 1.82) is 0 Å². The standard InChI is InChI=1S/C15H17N2OS/c1-2-3-4-9-14-16-12-10-17(18)13-8-6-5-7-11(13)15(12)19-14/h5-8,10,18H,2-4,9H2,1H3/q+1. The van der Waals surface area contributed by atoms with Crippen molar-refractivity contribution in [2.45, 2.75) is 32.6 Å². The predicted octanol–water partition coefficient (Wildman–Crippen LogP) is 3.71. The topological polar surface area (TPSA) is 37.0 Å². The second kappa shape index (κ2) is 5.13. The van der Waals surface area contributed by atoms with Crippen LogP contribution >= 0.6 is 11.3 Å². The Balaban J connectivity index is 2.09. The van der Waals surface area contributed by atoms with E-state index in [4.69, 9.17) is 0 Å². The number of hydrogen-bond donors (Lipinski definition) is 1. The van der Waals surface area contributed by atoms with Crippen LogP contribution in [0.1, 0.15) is 31.2 Å². The Morgan fingerprint density at radius 1 is 1.26 bits per heavy atom. The lowest BCUT2D eigenvalue weighted by Gasteiger charge is -1.93. The van der Waals surface area contributed by atoms with Gasteiger partial charge in [0.15, 0.2) is 5.52 Å². The zero-order valence-corrected chi connectivity index (χ0v) is 11.8. The molecule has 98 valence electrons. The SMILES string of the molecule is CCCCCc1nc2c[n+](O)c3ccccc3c2s1. The fourth-order valence-corrected chi connectivity index (χ4v) is 3.45. The normalized spacial score (nSPS) is 11.4. The Morgan fingerprint density at radius 2 is 2.11 bits per heavy atom. The fraction of sp³-hybridized carbons (Fsp3) is 0.333. The summed E-state index contributed by atoms with van der Waals surface area (Å²) in [6.45, 7) is 2.21. The molecule has 3 aromatic rings. The molecule has 2 heterocycles. The van der Waals surface area contributed by atoms with Gasteiger partial charge in [-0.1, -0.05) is 31.9 Å². The molecule has 0 unspecified atom stereocenters. The summed E-state index contributed by atoms with van der Waals surface area (Å²) >= 11 is 1.75. The largest absolute Gasteiger partial charge is 0.284 e. The summed E-state index contributed by atoms with van der Waals surface area (Å²) in [5, 5.41) is 12.2. The average Bonchev–Trinajstić information content (AvgIpc) is 2.82. The second-order valence-electron chi connectivity index (χ2n) is 4.77. The monoisotopic (exact) mass is 273 g/mol. The molecule has 2 aromatic heterocycles. The summed E-state index contributed by atoms with van der Waals surface area (Å²) in [5.74, 6) is 0. The van der Waals surface area contributed by atoms with Crippen molar-refractivity contribution < 1.29 is 9.94 Å². The molecule has 0 saturated carbocycles. The first-order chi connectivity index (χ1) is 9.29. The van der Waals surface area contributed by atoms with E-state index in [1.54, 1.807) is 17.5 Å². The Bertz CT molecular complexity index is 721. The first-order valence-electron chi connectivity index (χ1n) is 6.71. The number of unbranched alkanes of at least 4 members (excludes halogenated alkanes) is 2. The van der Waals surface area contributed by atoms with Crippen molar-refractivity contribution in [3.8, 4) is 0 Å². The molecular weight excluding hydrogens is 256 g/mol. The van der Waals surface area contributed by atoms with Crippen LogP contribution in [0.5, 0.6) is 0 Å². The lowest BCUT2D eigenvalue weighted by molar-refractivity contribution is -0.883. The van der Waals surface area contributed by atoms with Crippen LogP contribution in [0.15, 0.2) is 30.5 Å². The van der Waals surface area contributed by atoms with Crippen LogP contribution in [0.3, 0.4) is 0 Å². The smallest absolute Gasteiger partial charge is 0.266 e. The third-order valence-corrected chi connectivity index (χ3v) is 4.50. The Hall–Kier alpha value is -1.68. The summed E-state index contributed by atoms with van der Waals surface area (Å²) < 4.78 is 2.35. The van der Waals surface area contributed by atoms with E-state index in [2.05, 4.69) is 11.9 Å². The van der Waals surface area contributed by atoms with Crippen molar-refractivity contribution in [2.24, 2.45) is 0 Å². The van der Waals surface area contributed by atoms with Crippen LogP contribution in [0.25, 0.3) is 21.1 Å². The van der Waals surface area contributed by atoms with Gasteiger partial charge >= 0.3 is 0 Å². The number of aryl methyl sites for hydroxylation is 1.